The van der Waals surface area contributed by atoms with Crippen LogP contribution in [0.2, 0.25) is 0 Å². The minimum absolute atomic E-state index is 0.0346. The van der Waals surface area contributed by atoms with Crippen LogP contribution in [0.4, 0.5) is 13.2 Å². The van der Waals surface area contributed by atoms with Gasteiger partial charge in [0.15, 0.2) is 0 Å². The molecule has 454 valence electrons. The van der Waals surface area contributed by atoms with Gasteiger partial charge in [-0.25, -0.2) is 4.79 Å². The molecule has 26 heteroatoms. The van der Waals surface area contributed by atoms with Gasteiger partial charge in [0.25, 0.3) is 0 Å². The van der Waals surface area contributed by atoms with E-state index < -0.39 is 113 Å². The monoisotopic (exact) mass is 1210 g/mol. The summed E-state index contributed by atoms with van der Waals surface area (Å²) in [7, 11) is 1.32. The van der Waals surface area contributed by atoms with Crippen LogP contribution in [-0.2, 0) is 70.2 Å². The predicted octanol–water partition coefficient (Wildman–Crippen LogP) is 2.52. The Morgan fingerprint density at radius 1 is 0.647 bits per heavy atom. The fourth-order valence-corrected chi connectivity index (χ4v) is 9.96. The first-order valence-corrected chi connectivity index (χ1v) is 28.5. The van der Waals surface area contributed by atoms with Gasteiger partial charge in [-0.2, -0.15) is 38.4 Å². The molecule has 2 heterocycles. The number of aliphatic hydroxyl groups is 1. The van der Waals surface area contributed by atoms with E-state index in [-0.39, 0.29) is 56.6 Å². The van der Waals surface area contributed by atoms with Gasteiger partial charge in [0.05, 0.1) is 17.7 Å². The summed E-state index contributed by atoms with van der Waals surface area (Å²) < 4.78 is 39.5. The van der Waals surface area contributed by atoms with Gasteiger partial charge in [0.1, 0.15) is 42.3 Å². The summed E-state index contributed by atoms with van der Waals surface area (Å²) >= 11 is 8.50. The van der Waals surface area contributed by atoms with E-state index in [0.29, 0.717) is 39.6 Å². The third kappa shape index (κ3) is 18.7. The molecule has 7 amide bonds. The van der Waals surface area contributed by atoms with Crippen LogP contribution >= 0.6 is 25.3 Å². The first-order chi connectivity index (χ1) is 40.5. The molecule has 13 N–H and O–H groups in total. The Labute approximate surface area is 499 Å². The maximum absolute atomic E-state index is 15.1. The number of thiol groups is 2. The van der Waals surface area contributed by atoms with Crippen LogP contribution in [0.5, 0.6) is 0 Å². The number of nitrogens with zero attached hydrogens (tertiary/aromatic N) is 2. The van der Waals surface area contributed by atoms with E-state index in [9.17, 15) is 56.9 Å². The zero-order valence-corrected chi connectivity index (χ0v) is 48.3. The summed E-state index contributed by atoms with van der Waals surface area (Å²) in [5, 5.41) is 38.9. The Morgan fingerprint density at radius 2 is 1.24 bits per heavy atom. The number of aliphatic hydroxyl groups excluding tert-OH is 1. The number of para-hydroxylation sites is 1. The Bertz CT molecular complexity index is 3280. The molecule has 21 nitrogen and oxygen atoms in total. The van der Waals surface area contributed by atoms with E-state index in [2.05, 4.69) is 67.1 Å². The van der Waals surface area contributed by atoms with Crippen LogP contribution < -0.4 is 43.4 Å². The van der Waals surface area contributed by atoms with E-state index in [1.165, 1.54) is 38.5 Å². The van der Waals surface area contributed by atoms with Crippen LogP contribution in [0, 0.1) is 0 Å². The molecule has 0 fully saturated rings. The number of carbonyl (C=O) groups is 8. The maximum Gasteiger partial charge on any atom is 0.416 e. The topological polar surface area (TPSA) is 333 Å². The molecule has 0 saturated carbocycles. The number of carboxylic acid groups (broad SMARTS) is 1. The number of nitrogens with two attached hydrogens (primary N) is 2. The number of carbonyl (C=O) groups excluding carboxylic acids is 7. The number of benzene rings is 4. The first kappa shape index (κ1) is 66.1. The molecule has 0 bridgehead atoms. The largest absolute Gasteiger partial charge is 0.480 e. The van der Waals surface area contributed by atoms with Crippen molar-refractivity contribution >= 4 is 94.3 Å². The molecule has 0 spiro atoms. The lowest BCUT2D eigenvalue weighted by atomic mass is 10.00. The smallest absolute Gasteiger partial charge is 0.416 e. The normalized spacial score (nSPS) is 14.7. The van der Waals surface area contributed by atoms with Gasteiger partial charge >= 0.3 is 12.1 Å². The third-order valence-electron chi connectivity index (χ3n) is 14.2. The lowest BCUT2D eigenvalue weighted by Gasteiger charge is -2.33. The van der Waals surface area contributed by atoms with Gasteiger partial charge in [-0.1, -0.05) is 78.9 Å². The molecule has 6 rings (SSSR count). The zero-order valence-electron chi connectivity index (χ0n) is 46.6. The Kier molecular flexibility index (Phi) is 24.3. The molecular weight excluding hydrogens is 1140 g/mol. The van der Waals surface area contributed by atoms with Gasteiger partial charge in [-0.3, -0.25) is 38.5 Å². The first-order valence-electron chi connectivity index (χ1n) is 27.3. The van der Waals surface area contributed by atoms with Crippen LogP contribution in [0.25, 0.3) is 21.7 Å². The molecular formula is C59H70F3N11O10S2. The highest BCUT2D eigenvalue weighted by Crippen LogP contribution is 2.29. The molecule has 9 atom stereocenters. The average Bonchev–Trinajstić information content (AvgIpc) is 4.12. The molecule has 0 unspecified atom stereocenters. The minimum atomic E-state index is -4.58. The summed E-state index contributed by atoms with van der Waals surface area (Å²) in [4.78, 5) is 120. The van der Waals surface area contributed by atoms with Crippen molar-refractivity contribution in [1.82, 2.24) is 46.8 Å². The average molecular weight is 1210 g/mol. The number of fused-ring (bicyclic) bond motifs is 2. The van der Waals surface area contributed by atoms with Gasteiger partial charge in [0, 0.05) is 67.3 Å². The van der Waals surface area contributed by atoms with E-state index in [1.54, 1.807) is 54.7 Å². The molecule has 0 aliphatic heterocycles. The standard InChI is InChI=1S/C59H70F3N11O10S2/c1-33(74)50(56(80)71-48(32-85)54(78)69-46(58(82)83)26-35-16-19-37-11-3-4-12-38(37)24-35)72-55(79)49(15-7-8-22-63)73(2)57(81)45(28-39-30-66-43-14-6-5-13-41(39)43)68-52(76)44(27-36-10-9-23-65-29-36)67-53(77)47(31-84)70-51(75)42(64)25-34-17-20-40(21-18-34)59(60,61)62/h3-6,9-14,16-21,23-24,29-30,33,42,44-50,66,74,84-85H,7-8,15,22,25-28,31-32,63-64H2,1-2H3,(H,67,77)(H,68,76)(H,69,78)(H,70,75)(H,71,80)(H,72,79)(H,82,83)/t33-,42+,44+,45-,46+,47-,48+,49+,50+/m1/s1. The lowest BCUT2D eigenvalue weighted by molar-refractivity contribution is -0.144. The van der Waals surface area contributed by atoms with Crippen LogP contribution in [0.3, 0.4) is 0 Å². The van der Waals surface area contributed by atoms with Crippen LogP contribution in [0.1, 0.15) is 54.0 Å². The van der Waals surface area contributed by atoms with E-state index in [0.717, 1.165) is 27.8 Å². The number of halogens is 3. The van der Waals surface area contributed by atoms with Gasteiger partial charge in [-0.15, -0.1) is 0 Å². The van der Waals surface area contributed by atoms with E-state index >= 15 is 4.79 Å². The Morgan fingerprint density at radius 3 is 1.86 bits per heavy atom. The number of H-pyrrole nitrogens is 1. The molecule has 0 radical (unpaired) electrons. The molecule has 0 aliphatic rings. The number of carboxylic acids is 1. The minimum Gasteiger partial charge on any atom is -0.480 e. The summed E-state index contributed by atoms with van der Waals surface area (Å²) in [5.74, 6) is -8.25. The van der Waals surface area contributed by atoms with Crippen molar-refractivity contribution in [2.75, 3.05) is 25.1 Å². The van der Waals surface area contributed by atoms with Crippen molar-refractivity contribution in [2.45, 2.75) is 112 Å². The summed E-state index contributed by atoms with van der Waals surface area (Å²) in [6, 6.07) is 15.7. The molecule has 2 aromatic heterocycles. The van der Waals surface area contributed by atoms with Gasteiger partial charge in [0.2, 0.25) is 41.4 Å². The molecule has 0 saturated heterocycles. The highest BCUT2D eigenvalue weighted by molar-refractivity contribution is 7.80. The van der Waals surface area contributed by atoms with Gasteiger partial charge < -0.3 is 63.5 Å². The number of aliphatic carboxylic acids is 1. The number of amides is 7. The zero-order chi connectivity index (χ0) is 62.0. The summed E-state index contributed by atoms with van der Waals surface area (Å²) in [6.45, 7) is 1.42. The number of rotatable bonds is 30. The van der Waals surface area contributed by atoms with E-state index in [4.69, 9.17) is 11.5 Å². The second-order valence-corrected chi connectivity index (χ2v) is 21.2. The SMILES string of the molecule is C[C@@H](O)[C@H](NC(=O)[C@H](CCCCN)N(C)C(=O)[C@@H](Cc1c[nH]c2ccccc12)NC(=O)[C@H](Cc1cccnc1)NC(=O)[C@@H](CS)NC(=O)[C@@H](N)Cc1ccc(C(F)(F)F)cc1)C(=O)N[C@@H](CS)C(=O)N[C@@H](Cc1ccc2ccccc2c1)C(=O)O. The van der Waals surface area contributed by atoms with Gasteiger partial charge in [-0.05, 0) is 96.4 Å². The number of alkyl halides is 3. The van der Waals surface area contributed by atoms with Crippen molar-refractivity contribution in [2.24, 2.45) is 11.5 Å². The third-order valence-corrected chi connectivity index (χ3v) is 14.9. The Balaban J connectivity index is 1.21. The van der Waals surface area contributed by atoms with Crippen molar-refractivity contribution < 1.29 is 61.7 Å². The maximum atomic E-state index is 15.1. The highest BCUT2D eigenvalue weighted by atomic mass is 32.1. The number of hydrogen-bond donors (Lipinski definition) is 13. The predicted molar refractivity (Wildman–Crippen MR) is 319 cm³/mol. The number of likely N-dealkylation sites (N-methyl/N-ethyl adjacent to an activating group) is 1. The van der Waals surface area contributed by atoms with Crippen LogP contribution in [0.15, 0.2) is 122 Å². The van der Waals surface area contributed by atoms with Crippen molar-refractivity contribution in [3.05, 3.63) is 150 Å². The molecule has 0 aliphatic carbocycles. The van der Waals surface area contributed by atoms with Crippen LogP contribution in [-0.4, -0.2) is 152 Å². The number of nitrogens with one attached hydrogen (secondary N) is 7. The highest BCUT2D eigenvalue weighted by Gasteiger charge is 2.38. The number of unbranched alkanes of at least 4 members (excludes halogenated alkanes) is 1. The second kappa shape index (κ2) is 31.2. The number of aromatic amines is 1. The fraction of sp³-hybridized carbons (Fsp3) is 0.373. The quantitative estimate of drug-likeness (QED) is 0.0228. The molecule has 85 heavy (non-hydrogen) atoms. The van der Waals surface area contributed by atoms with Crippen molar-refractivity contribution in [1.29, 1.82) is 0 Å². The lowest BCUT2D eigenvalue weighted by Crippen LogP contribution is -2.62. The van der Waals surface area contributed by atoms with E-state index in [1.807, 2.05) is 30.3 Å². The molecule has 4 aromatic carbocycles. The summed E-state index contributed by atoms with van der Waals surface area (Å²) in [5.41, 5.74) is 13.8. The fourth-order valence-electron chi connectivity index (χ4n) is 9.44. The second-order valence-electron chi connectivity index (χ2n) is 20.5. The van der Waals surface area contributed by atoms with Crippen molar-refractivity contribution in [3.63, 3.8) is 0 Å². The number of pyridine rings is 1. The number of hydrogen-bond acceptors (Lipinski definition) is 14. The molecule has 6 aromatic rings. The Hall–Kier alpha value is -8.04. The van der Waals surface area contributed by atoms with Crippen molar-refractivity contribution in [3.8, 4) is 0 Å². The number of aromatic nitrogens is 2. The summed E-state index contributed by atoms with van der Waals surface area (Å²) in [6.07, 6.45) is -1.60.